The Morgan fingerprint density at radius 3 is 2.57 bits per heavy atom. The number of nitrogen functional groups attached to an aromatic ring is 1. The molecule has 3 aromatic rings. The van der Waals surface area contributed by atoms with Gasteiger partial charge in [0, 0.05) is 36.0 Å². The van der Waals surface area contributed by atoms with E-state index < -0.39 is 18.1 Å². The zero-order valence-electron chi connectivity index (χ0n) is 15.4. The summed E-state index contributed by atoms with van der Waals surface area (Å²) in [5.74, 6) is -2.83. The molecular formula is C20H15F3N4O3. The molecule has 1 aliphatic heterocycles. The van der Waals surface area contributed by atoms with Gasteiger partial charge in [0.1, 0.15) is 0 Å². The van der Waals surface area contributed by atoms with E-state index in [0.29, 0.717) is 16.9 Å². The fourth-order valence-corrected chi connectivity index (χ4v) is 3.20. The lowest BCUT2D eigenvalue weighted by Gasteiger charge is -2.17. The molecule has 0 unspecified atom stereocenters. The summed E-state index contributed by atoms with van der Waals surface area (Å²) in [4.78, 5) is 32.6. The molecule has 0 saturated heterocycles. The van der Waals surface area contributed by atoms with Crippen LogP contribution in [-0.4, -0.2) is 34.3 Å². The van der Waals surface area contributed by atoms with Crippen LogP contribution in [0.5, 0.6) is 0 Å². The van der Waals surface area contributed by atoms with Crippen molar-refractivity contribution in [3.8, 4) is 22.5 Å². The number of amides is 1. The molecule has 0 aliphatic carbocycles. The zero-order valence-corrected chi connectivity index (χ0v) is 15.4. The summed E-state index contributed by atoms with van der Waals surface area (Å²) in [6.45, 7) is 0.214. The second-order valence-corrected chi connectivity index (χ2v) is 6.62. The highest BCUT2D eigenvalue weighted by atomic mass is 19.4. The van der Waals surface area contributed by atoms with Gasteiger partial charge in [-0.2, -0.15) is 17.9 Å². The quantitative estimate of drug-likeness (QED) is 0.640. The largest absolute Gasteiger partial charge is 0.493 e. The topological polar surface area (TPSA) is 99.2 Å². The molecule has 0 radical (unpaired) electrons. The van der Waals surface area contributed by atoms with Crippen LogP contribution < -0.4 is 15.9 Å². The van der Waals surface area contributed by atoms with Gasteiger partial charge in [0.05, 0.1) is 22.6 Å². The zero-order chi connectivity index (χ0) is 21.5. The third kappa shape index (κ3) is 3.59. The number of benzene rings is 1. The molecule has 1 aromatic carbocycles. The predicted molar refractivity (Wildman–Crippen MR) is 101 cm³/mol. The lowest BCUT2D eigenvalue weighted by molar-refractivity contribution is -0.199. The van der Waals surface area contributed by atoms with E-state index in [0.717, 1.165) is 10.3 Å². The first-order valence-corrected chi connectivity index (χ1v) is 8.88. The van der Waals surface area contributed by atoms with Gasteiger partial charge >= 0.3 is 12.1 Å². The molecule has 154 valence electrons. The number of fused-ring (bicyclic) bond motifs is 1. The minimum atomic E-state index is -5.18. The van der Waals surface area contributed by atoms with Gasteiger partial charge in [0.2, 0.25) is 0 Å². The molecule has 4 rings (SSSR count). The second-order valence-electron chi connectivity index (χ2n) is 6.62. The van der Waals surface area contributed by atoms with Crippen molar-refractivity contribution in [1.82, 2.24) is 15.0 Å². The van der Waals surface area contributed by atoms with Gasteiger partial charge in [0.25, 0.3) is 5.91 Å². The van der Waals surface area contributed by atoms with Crippen molar-refractivity contribution in [2.75, 3.05) is 12.3 Å². The van der Waals surface area contributed by atoms with E-state index in [9.17, 15) is 22.8 Å². The highest BCUT2D eigenvalue weighted by Crippen LogP contribution is 2.30. The Labute approximate surface area is 168 Å². The number of hydrogen-bond acceptors (Lipinski definition) is 5. The van der Waals surface area contributed by atoms with Crippen LogP contribution in [0.4, 0.5) is 18.9 Å². The number of carbonyl (C=O) groups excluding carboxylic acids is 2. The van der Waals surface area contributed by atoms with Crippen LogP contribution in [0.25, 0.3) is 22.5 Å². The number of halogens is 3. The third-order valence-corrected chi connectivity index (χ3v) is 4.62. The summed E-state index contributed by atoms with van der Waals surface area (Å²) in [5, 5.41) is 2.62. The number of nitrogens with two attached hydrogens (primary N) is 1. The van der Waals surface area contributed by atoms with Crippen molar-refractivity contribution in [1.29, 1.82) is 0 Å². The van der Waals surface area contributed by atoms with Crippen LogP contribution in [0.15, 0.2) is 48.7 Å². The molecule has 10 heteroatoms. The molecule has 1 amide bonds. The maximum atomic E-state index is 12.8. The monoisotopic (exact) mass is 416 g/mol. The van der Waals surface area contributed by atoms with E-state index in [2.05, 4.69) is 15.1 Å². The van der Waals surface area contributed by atoms with Crippen LogP contribution in [0.1, 0.15) is 16.1 Å². The van der Waals surface area contributed by atoms with Gasteiger partial charge < -0.3 is 15.9 Å². The summed E-state index contributed by atoms with van der Waals surface area (Å²) in [6.07, 6.45) is -3.50. The molecule has 7 nitrogen and oxygen atoms in total. The average molecular weight is 416 g/mol. The standard InChI is InChI=1S/C20H15F3N4O3/c21-20(22,23)19(29)30-27-16-6-8-26-18(28)14(16)10-17(27)12-5-7-25-15(9-12)11-1-3-13(24)4-2-11/h1-5,7,9-10H,6,8,24H2,(H,26,28). The Balaban J connectivity index is 1.82. The van der Waals surface area contributed by atoms with Crippen molar-refractivity contribution in [2.45, 2.75) is 12.6 Å². The van der Waals surface area contributed by atoms with E-state index in [4.69, 9.17) is 5.73 Å². The summed E-state index contributed by atoms with van der Waals surface area (Å²) < 4.78 is 39.2. The fraction of sp³-hybridized carbons (Fsp3) is 0.150. The first kappa shape index (κ1) is 19.5. The molecule has 1 aliphatic rings. The van der Waals surface area contributed by atoms with Crippen LogP contribution in [0.2, 0.25) is 0 Å². The van der Waals surface area contributed by atoms with Crippen LogP contribution in [0, 0.1) is 0 Å². The minimum absolute atomic E-state index is 0.133. The van der Waals surface area contributed by atoms with Crippen molar-refractivity contribution in [3.05, 3.63) is 59.9 Å². The molecule has 0 atom stereocenters. The molecule has 30 heavy (non-hydrogen) atoms. The smallest absolute Gasteiger partial charge is 0.399 e. The predicted octanol–water partition coefficient (Wildman–Crippen LogP) is 2.60. The highest BCUT2D eigenvalue weighted by Gasteiger charge is 2.43. The van der Waals surface area contributed by atoms with Gasteiger partial charge in [-0.3, -0.25) is 9.78 Å². The molecule has 0 spiro atoms. The normalized spacial score (nSPS) is 13.5. The van der Waals surface area contributed by atoms with E-state index in [1.165, 1.54) is 12.3 Å². The molecule has 0 bridgehead atoms. The third-order valence-electron chi connectivity index (χ3n) is 4.62. The molecule has 2 aromatic heterocycles. The first-order chi connectivity index (χ1) is 14.2. The number of rotatable bonds is 3. The van der Waals surface area contributed by atoms with Crippen molar-refractivity contribution in [2.24, 2.45) is 0 Å². The summed E-state index contributed by atoms with van der Waals surface area (Å²) in [6, 6.07) is 11.5. The molecule has 3 N–H and O–H groups in total. The fourth-order valence-electron chi connectivity index (χ4n) is 3.20. The SMILES string of the molecule is Nc1ccc(-c2cc(-c3cc4c(n3OC(=O)C(F)(F)F)CCNC4=O)ccn2)cc1. The van der Waals surface area contributed by atoms with Crippen LogP contribution >= 0.6 is 0 Å². The summed E-state index contributed by atoms with van der Waals surface area (Å²) >= 11 is 0. The lowest BCUT2D eigenvalue weighted by Crippen LogP contribution is -2.37. The Bertz CT molecular complexity index is 1140. The van der Waals surface area contributed by atoms with Gasteiger partial charge in [-0.1, -0.05) is 12.1 Å². The van der Waals surface area contributed by atoms with Crippen molar-refractivity contribution >= 4 is 17.6 Å². The van der Waals surface area contributed by atoms with Crippen LogP contribution in [-0.2, 0) is 11.2 Å². The van der Waals surface area contributed by atoms with Crippen molar-refractivity contribution < 1.29 is 27.6 Å². The second kappa shape index (κ2) is 7.21. The average Bonchev–Trinajstić information content (AvgIpc) is 3.08. The van der Waals surface area contributed by atoms with Crippen LogP contribution in [0.3, 0.4) is 0 Å². The highest BCUT2D eigenvalue weighted by molar-refractivity contribution is 5.98. The number of pyridine rings is 1. The van der Waals surface area contributed by atoms with Gasteiger partial charge in [-0.15, -0.1) is 0 Å². The Hall–Kier alpha value is -3.82. The number of hydrogen-bond donors (Lipinski definition) is 2. The van der Waals surface area contributed by atoms with Gasteiger partial charge in [-0.25, -0.2) is 4.79 Å². The number of anilines is 1. The Morgan fingerprint density at radius 1 is 1.13 bits per heavy atom. The summed E-state index contributed by atoms with van der Waals surface area (Å²) in [5.41, 5.74) is 8.43. The summed E-state index contributed by atoms with van der Waals surface area (Å²) in [7, 11) is 0. The molecule has 0 saturated carbocycles. The van der Waals surface area contributed by atoms with Gasteiger partial charge in [0.15, 0.2) is 0 Å². The van der Waals surface area contributed by atoms with Gasteiger partial charge in [-0.05, 0) is 30.3 Å². The maximum absolute atomic E-state index is 12.8. The van der Waals surface area contributed by atoms with E-state index in [-0.39, 0.29) is 29.9 Å². The molecular weight excluding hydrogens is 401 g/mol. The van der Waals surface area contributed by atoms with Crippen molar-refractivity contribution in [3.63, 3.8) is 0 Å². The number of nitrogens with zero attached hydrogens (tertiary/aromatic N) is 2. The molecule has 0 fully saturated rings. The molecule has 3 heterocycles. The van der Waals surface area contributed by atoms with E-state index in [1.54, 1.807) is 36.4 Å². The number of nitrogens with one attached hydrogen (secondary N) is 1. The first-order valence-electron chi connectivity index (χ1n) is 8.88. The van der Waals surface area contributed by atoms with E-state index in [1.807, 2.05) is 0 Å². The Morgan fingerprint density at radius 2 is 1.87 bits per heavy atom. The Kier molecular flexibility index (Phi) is 4.69. The maximum Gasteiger partial charge on any atom is 0.493 e. The lowest BCUT2D eigenvalue weighted by atomic mass is 10.1. The number of aromatic nitrogens is 2. The van der Waals surface area contributed by atoms with E-state index >= 15 is 0 Å². The number of alkyl halides is 3. The number of carbonyl (C=O) groups is 2. The minimum Gasteiger partial charge on any atom is -0.399 e.